The SMILES string of the molecule is CCCc1c(NC)ncnc1NCC(C)(O)CC(C)C. The van der Waals surface area contributed by atoms with Gasteiger partial charge in [0.2, 0.25) is 0 Å². The number of aliphatic hydroxyl groups is 1. The van der Waals surface area contributed by atoms with E-state index in [9.17, 15) is 5.11 Å². The zero-order chi connectivity index (χ0) is 15.2. The maximum absolute atomic E-state index is 10.4. The molecule has 114 valence electrons. The fourth-order valence-corrected chi connectivity index (χ4v) is 2.49. The van der Waals surface area contributed by atoms with E-state index in [-0.39, 0.29) is 0 Å². The molecule has 1 aromatic heterocycles. The smallest absolute Gasteiger partial charge is 0.134 e. The third-order valence-corrected chi connectivity index (χ3v) is 3.17. The molecular formula is C15H28N4O. The van der Waals surface area contributed by atoms with Crippen LogP contribution in [0.25, 0.3) is 0 Å². The molecule has 0 radical (unpaired) electrons. The second-order valence-electron chi connectivity index (χ2n) is 6.00. The first kappa shape index (κ1) is 16.7. The Kier molecular flexibility index (Phi) is 6.20. The number of hydrogen-bond donors (Lipinski definition) is 3. The predicted octanol–water partition coefficient (Wildman–Crippen LogP) is 2.68. The Bertz CT molecular complexity index is 418. The third-order valence-electron chi connectivity index (χ3n) is 3.17. The van der Waals surface area contributed by atoms with E-state index >= 15 is 0 Å². The van der Waals surface area contributed by atoms with E-state index in [0.29, 0.717) is 12.5 Å². The summed E-state index contributed by atoms with van der Waals surface area (Å²) in [4.78, 5) is 8.56. The van der Waals surface area contributed by atoms with Crippen molar-refractivity contribution in [2.45, 2.75) is 52.6 Å². The highest BCUT2D eigenvalue weighted by Gasteiger charge is 2.22. The highest BCUT2D eigenvalue weighted by molar-refractivity contribution is 5.57. The van der Waals surface area contributed by atoms with Crippen molar-refractivity contribution in [3.63, 3.8) is 0 Å². The van der Waals surface area contributed by atoms with Crippen molar-refractivity contribution >= 4 is 11.6 Å². The second-order valence-corrected chi connectivity index (χ2v) is 6.00. The number of nitrogens with one attached hydrogen (secondary N) is 2. The first-order valence-electron chi connectivity index (χ1n) is 7.37. The van der Waals surface area contributed by atoms with Crippen molar-refractivity contribution in [3.8, 4) is 0 Å². The van der Waals surface area contributed by atoms with Gasteiger partial charge in [0.05, 0.1) is 5.60 Å². The van der Waals surface area contributed by atoms with Crippen LogP contribution < -0.4 is 10.6 Å². The molecule has 1 rings (SSSR count). The van der Waals surface area contributed by atoms with Crippen molar-refractivity contribution in [3.05, 3.63) is 11.9 Å². The van der Waals surface area contributed by atoms with Gasteiger partial charge < -0.3 is 15.7 Å². The average Bonchev–Trinajstić information content (AvgIpc) is 2.36. The lowest BCUT2D eigenvalue weighted by molar-refractivity contribution is 0.0514. The van der Waals surface area contributed by atoms with Crippen LogP contribution in [-0.4, -0.2) is 34.3 Å². The van der Waals surface area contributed by atoms with Gasteiger partial charge in [-0.3, -0.25) is 0 Å². The van der Waals surface area contributed by atoms with E-state index in [0.717, 1.165) is 36.5 Å². The standard InChI is InChI=1S/C15H28N4O/c1-6-7-12-13(16-5)18-10-19-14(12)17-9-15(4,20)8-11(2)3/h10-11,20H,6-9H2,1-5H3,(H2,16,17,18,19). The summed E-state index contributed by atoms with van der Waals surface area (Å²) in [5.74, 6) is 2.13. The molecule has 5 nitrogen and oxygen atoms in total. The molecule has 0 aliphatic rings. The molecule has 0 saturated carbocycles. The van der Waals surface area contributed by atoms with Crippen LogP contribution in [0, 0.1) is 5.92 Å². The van der Waals surface area contributed by atoms with Gasteiger partial charge in [0.1, 0.15) is 18.0 Å². The third kappa shape index (κ3) is 4.96. The summed E-state index contributed by atoms with van der Waals surface area (Å²) >= 11 is 0. The molecule has 0 saturated heterocycles. The van der Waals surface area contributed by atoms with E-state index < -0.39 is 5.60 Å². The molecule has 0 aliphatic heterocycles. The van der Waals surface area contributed by atoms with Crippen molar-refractivity contribution in [1.82, 2.24) is 9.97 Å². The molecule has 0 fully saturated rings. The quantitative estimate of drug-likeness (QED) is 0.683. The van der Waals surface area contributed by atoms with E-state index in [4.69, 9.17) is 0 Å². The molecule has 1 aromatic rings. The van der Waals surface area contributed by atoms with Crippen LogP contribution in [0.2, 0.25) is 0 Å². The summed E-state index contributed by atoms with van der Waals surface area (Å²) in [6.45, 7) is 8.70. The molecule has 3 N–H and O–H groups in total. The number of hydrogen-bond acceptors (Lipinski definition) is 5. The molecule has 0 amide bonds. The second kappa shape index (κ2) is 7.43. The predicted molar refractivity (Wildman–Crippen MR) is 84.1 cm³/mol. The fourth-order valence-electron chi connectivity index (χ4n) is 2.49. The van der Waals surface area contributed by atoms with Gasteiger partial charge in [-0.1, -0.05) is 27.2 Å². The first-order valence-corrected chi connectivity index (χ1v) is 7.37. The van der Waals surface area contributed by atoms with Gasteiger partial charge in [0, 0.05) is 19.2 Å². The van der Waals surface area contributed by atoms with Crippen molar-refractivity contribution in [2.75, 3.05) is 24.2 Å². The molecule has 1 heterocycles. The summed E-state index contributed by atoms with van der Waals surface area (Å²) in [5.41, 5.74) is 0.348. The van der Waals surface area contributed by atoms with Gasteiger partial charge in [-0.05, 0) is 25.7 Å². The van der Waals surface area contributed by atoms with E-state index in [2.05, 4.69) is 41.4 Å². The number of anilines is 2. The largest absolute Gasteiger partial charge is 0.388 e. The molecular weight excluding hydrogens is 252 g/mol. The van der Waals surface area contributed by atoms with Crippen LogP contribution in [0.3, 0.4) is 0 Å². The number of nitrogens with zero attached hydrogens (tertiary/aromatic N) is 2. The highest BCUT2D eigenvalue weighted by Crippen LogP contribution is 2.23. The van der Waals surface area contributed by atoms with Crippen molar-refractivity contribution in [2.24, 2.45) is 5.92 Å². The topological polar surface area (TPSA) is 70.1 Å². The molecule has 20 heavy (non-hydrogen) atoms. The Labute approximate surface area is 122 Å². The van der Waals surface area contributed by atoms with Gasteiger partial charge in [0.25, 0.3) is 0 Å². The summed E-state index contributed by atoms with van der Waals surface area (Å²) in [5, 5.41) is 16.7. The molecule has 1 atom stereocenters. The Balaban J connectivity index is 2.81. The van der Waals surface area contributed by atoms with Gasteiger partial charge >= 0.3 is 0 Å². The molecule has 0 aromatic carbocycles. The molecule has 5 heteroatoms. The zero-order valence-electron chi connectivity index (χ0n) is 13.3. The van der Waals surface area contributed by atoms with Crippen LogP contribution in [0.5, 0.6) is 0 Å². The molecule has 0 aliphatic carbocycles. The van der Waals surface area contributed by atoms with Crippen LogP contribution in [0.1, 0.15) is 46.1 Å². The minimum absolute atomic E-state index is 0.459. The van der Waals surface area contributed by atoms with Gasteiger partial charge in [-0.2, -0.15) is 0 Å². The first-order chi connectivity index (χ1) is 9.39. The van der Waals surface area contributed by atoms with Crippen LogP contribution >= 0.6 is 0 Å². The minimum Gasteiger partial charge on any atom is -0.388 e. The molecule has 0 bridgehead atoms. The lowest BCUT2D eigenvalue weighted by Gasteiger charge is -2.26. The summed E-state index contributed by atoms with van der Waals surface area (Å²) in [6, 6.07) is 0. The van der Waals surface area contributed by atoms with Crippen molar-refractivity contribution < 1.29 is 5.11 Å². The normalized spacial score (nSPS) is 14.2. The van der Waals surface area contributed by atoms with Gasteiger partial charge in [0.15, 0.2) is 0 Å². The van der Waals surface area contributed by atoms with E-state index in [1.165, 1.54) is 0 Å². The maximum Gasteiger partial charge on any atom is 0.134 e. The van der Waals surface area contributed by atoms with E-state index in [1.807, 2.05) is 14.0 Å². The number of rotatable bonds is 8. The van der Waals surface area contributed by atoms with Gasteiger partial charge in [-0.15, -0.1) is 0 Å². The fraction of sp³-hybridized carbons (Fsp3) is 0.733. The lowest BCUT2D eigenvalue weighted by atomic mass is 9.94. The average molecular weight is 280 g/mol. The minimum atomic E-state index is -0.734. The van der Waals surface area contributed by atoms with Crippen LogP contribution in [0.4, 0.5) is 11.6 Å². The summed E-state index contributed by atoms with van der Waals surface area (Å²) in [7, 11) is 1.86. The zero-order valence-corrected chi connectivity index (χ0v) is 13.3. The maximum atomic E-state index is 10.4. The van der Waals surface area contributed by atoms with Crippen LogP contribution in [-0.2, 0) is 6.42 Å². The monoisotopic (exact) mass is 280 g/mol. The van der Waals surface area contributed by atoms with E-state index in [1.54, 1.807) is 6.33 Å². The summed E-state index contributed by atoms with van der Waals surface area (Å²) < 4.78 is 0. The Hall–Kier alpha value is -1.36. The summed E-state index contributed by atoms with van der Waals surface area (Å²) in [6.07, 6.45) is 4.24. The number of aromatic nitrogens is 2. The van der Waals surface area contributed by atoms with Crippen LogP contribution in [0.15, 0.2) is 6.33 Å². The highest BCUT2D eigenvalue weighted by atomic mass is 16.3. The lowest BCUT2D eigenvalue weighted by Crippen LogP contribution is -2.35. The Morgan fingerprint density at radius 2 is 1.95 bits per heavy atom. The Morgan fingerprint density at radius 1 is 1.30 bits per heavy atom. The van der Waals surface area contributed by atoms with Gasteiger partial charge in [-0.25, -0.2) is 9.97 Å². The Morgan fingerprint density at radius 3 is 2.50 bits per heavy atom. The molecule has 0 spiro atoms. The van der Waals surface area contributed by atoms with Crippen molar-refractivity contribution in [1.29, 1.82) is 0 Å². The molecule has 1 unspecified atom stereocenters.